The molecule has 1 saturated heterocycles. The Hall–Kier alpha value is -1.84. The van der Waals surface area contributed by atoms with E-state index in [9.17, 15) is 8.42 Å². The van der Waals surface area contributed by atoms with Crippen molar-refractivity contribution in [3.63, 3.8) is 0 Å². The molecule has 0 bridgehead atoms. The van der Waals surface area contributed by atoms with Crippen LogP contribution in [0.2, 0.25) is 0 Å². The van der Waals surface area contributed by atoms with Gasteiger partial charge in [0.05, 0.1) is 11.4 Å². The van der Waals surface area contributed by atoms with Crippen molar-refractivity contribution < 1.29 is 8.42 Å². The lowest BCUT2D eigenvalue weighted by Crippen LogP contribution is -2.38. The van der Waals surface area contributed by atoms with Gasteiger partial charge in [0.1, 0.15) is 5.69 Å². The van der Waals surface area contributed by atoms with E-state index in [1.54, 1.807) is 37.0 Å². The number of nitrogens with zero attached hydrogens (tertiary/aromatic N) is 6. The van der Waals surface area contributed by atoms with Crippen LogP contribution in [0.15, 0.2) is 24.7 Å². The molecule has 0 spiro atoms. The summed E-state index contributed by atoms with van der Waals surface area (Å²) in [6, 6.07) is 1.94. The Morgan fingerprint density at radius 1 is 1.24 bits per heavy atom. The number of hydrogen-bond acceptors (Lipinski definition) is 5. The average molecular weight is 364 g/mol. The molecule has 2 aromatic heterocycles. The van der Waals surface area contributed by atoms with Crippen molar-refractivity contribution in [3.05, 3.63) is 30.4 Å². The van der Waals surface area contributed by atoms with Crippen molar-refractivity contribution in [2.45, 2.75) is 26.3 Å². The Labute approximate surface area is 148 Å². The fourth-order valence-corrected chi connectivity index (χ4v) is 4.39. The van der Waals surface area contributed by atoms with E-state index in [1.165, 1.54) is 4.31 Å². The Morgan fingerprint density at radius 2 is 2.00 bits per heavy atom. The molecule has 0 amide bonds. The highest BCUT2D eigenvalue weighted by atomic mass is 32.2. The van der Waals surface area contributed by atoms with Crippen LogP contribution in [-0.2, 0) is 23.2 Å². The van der Waals surface area contributed by atoms with Crippen molar-refractivity contribution in [2.24, 2.45) is 5.92 Å². The molecule has 0 N–H and O–H groups in total. The summed E-state index contributed by atoms with van der Waals surface area (Å²) in [4.78, 5) is 9.02. The lowest BCUT2D eigenvalue weighted by molar-refractivity contribution is 0.409. The maximum Gasteiger partial charge on any atom is 0.281 e. The molecule has 25 heavy (non-hydrogen) atoms. The van der Waals surface area contributed by atoms with E-state index >= 15 is 0 Å². The summed E-state index contributed by atoms with van der Waals surface area (Å²) in [7, 11) is -0.220. The molecule has 3 heterocycles. The van der Waals surface area contributed by atoms with Crippen LogP contribution < -0.4 is 0 Å². The van der Waals surface area contributed by atoms with Gasteiger partial charge in [-0.05, 0) is 31.7 Å². The lowest BCUT2D eigenvalue weighted by Gasteiger charge is -2.21. The summed E-state index contributed by atoms with van der Waals surface area (Å²) in [5, 5.41) is 4.30. The molecule has 1 aliphatic heterocycles. The molecule has 8 nitrogen and oxygen atoms in total. The molecule has 0 aliphatic carbocycles. The van der Waals surface area contributed by atoms with Crippen LogP contribution in [0.4, 0.5) is 0 Å². The Morgan fingerprint density at radius 3 is 2.72 bits per heavy atom. The van der Waals surface area contributed by atoms with Crippen molar-refractivity contribution in [1.29, 1.82) is 0 Å². The van der Waals surface area contributed by atoms with E-state index in [2.05, 4.69) is 15.1 Å². The second kappa shape index (κ2) is 7.19. The van der Waals surface area contributed by atoms with Gasteiger partial charge in [0.15, 0.2) is 0 Å². The normalized spacial score (nSPS) is 19.0. The van der Waals surface area contributed by atoms with E-state index in [1.807, 2.05) is 17.7 Å². The van der Waals surface area contributed by atoms with Gasteiger partial charge in [-0.3, -0.25) is 14.6 Å². The maximum absolute atomic E-state index is 12.3. The zero-order chi connectivity index (χ0) is 18.0. The molecule has 1 aliphatic rings. The zero-order valence-electron chi connectivity index (χ0n) is 14.8. The van der Waals surface area contributed by atoms with Gasteiger partial charge in [-0.15, -0.1) is 0 Å². The minimum Gasteiger partial charge on any atom is -0.264 e. The molecule has 9 heteroatoms. The number of rotatable bonds is 6. The van der Waals surface area contributed by atoms with Gasteiger partial charge < -0.3 is 0 Å². The van der Waals surface area contributed by atoms with E-state index in [0.717, 1.165) is 30.0 Å². The van der Waals surface area contributed by atoms with Gasteiger partial charge in [0.2, 0.25) is 0 Å². The van der Waals surface area contributed by atoms with Crippen LogP contribution in [0.5, 0.6) is 0 Å². The first-order chi connectivity index (χ1) is 11.9. The molecule has 0 unspecified atom stereocenters. The predicted octanol–water partition coefficient (Wildman–Crippen LogP) is 1.03. The summed E-state index contributed by atoms with van der Waals surface area (Å²) in [5.74, 6) is 0.239. The topological polar surface area (TPSA) is 84.2 Å². The second-order valence-electron chi connectivity index (χ2n) is 6.39. The smallest absolute Gasteiger partial charge is 0.264 e. The minimum atomic E-state index is -3.35. The first kappa shape index (κ1) is 18.0. The molecule has 0 radical (unpaired) electrons. The quantitative estimate of drug-likeness (QED) is 0.764. The molecule has 0 aromatic carbocycles. The van der Waals surface area contributed by atoms with Gasteiger partial charge in [-0.1, -0.05) is 0 Å². The first-order valence-corrected chi connectivity index (χ1v) is 9.82. The van der Waals surface area contributed by atoms with Gasteiger partial charge in [-0.25, -0.2) is 0 Å². The summed E-state index contributed by atoms with van der Waals surface area (Å²) in [5.41, 5.74) is 2.67. The van der Waals surface area contributed by atoms with Crippen LogP contribution in [0, 0.1) is 5.92 Å². The average Bonchev–Trinajstić information content (AvgIpc) is 3.24. The Bertz CT molecular complexity index is 833. The highest BCUT2D eigenvalue weighted by molar-refractivity contribution is 7.86. The van der Waals surface area contributed by atoms with Crippen LogP contribution in [0.1, 0.15) is 19.0 Å². The van der Waals surface area contributed by atoms with Crippen LogP contribution in [0.25, 0.3) is 11.4 Å². The third kappa shape index (κ3) is 3.58. The van der Waals surface area contributed by atoms with Crippen LogP contribution >= 0.6 is 0 Å². The Kier molecular flexibility index (Phi) is 5.16. The zero-order valence-corrected chi connectivity index (χ0v) is 15.6. The maximum atomic E-state index is 12.3. The molecule has 0 saturated carbocycles. The fourth-order valence-electron chi connectivity index (χ4n) is 3.19. The SMILES string of the molecule is CCn1nccc1-c1nccnc1C[C@@H]1CCN(S(=O)(=O)N(C)C)C1. The van der Waals surface area contributed by atoms with E-state index in [0.29, 0.717) is 19.5 Å². The summed E-state index contributed by atoms with van der Waals surface area (Å²) >= 11 is 0. The molecular formula is C16H24N6O2S. The van der Waals surface area contributed by atoms with Crippen molar-refractivity contribution in [3.8, 4) is 11.4 Å². The summed E-state index contributed by atoms with van der Waals surface area (Å²) in [6.07, 6.45) is 6.67. The second-order valence-corrected chi connectivity index (χ2v) is 8.53. The van der Waals surface area contributed by atoms with E-state index in [-0.39, 0.29) is 5.92 Å². The number of aryl methyl sites for hydroxylation is 1. The summed E-state index contributed by atoms with van der Waals surface area (Å²) in [6.45, 7) is 3.86. The lowest BCUT2D eigenvalue weighted by atomic mass is 10.0. The van der Waals surface area contributed by atoms with Gasteiger partial charge >= 0.3 is 0 Å². The number of aromatic nitrogens is 4. The standard InChI is InChI=1S/C16H24N6O2S/c1-4-22-15(5-7-19-22)16-14(17-8-9-18-16)11-13-6-10-21(12-13)25(23,24)20(2)3/h5,7-9,13H,4,6,10-12H2,1-3H3/t13-/m0/s1. The van der Waals surface area contributed by atoms with Gasteiger partial charge in [0.25, 0.3) is 10.2 Å². The molecule has 1 fully saturated rings. The molecular weight excluding hydrogens is 340 g/mol. The van der Waals surface area contributed by atoms with E-state index < -0.39 is 10.2 Å². The van der Waals surface area contributed by atoms with Gasteiger partial charge in [-0.2, -0.15) is 22.1 Å². The Balaban J connectivity index is 1.79. The minimum absolute atomic E-state index is 0.239. The predicted molar refractivity (Wildman–Crippen MR) is 94.9 cm³/mol. The summed E-state index contributed by atoms with van der Waals surface area (Å²) < 4.78 is 29.3. The fraction of sp³-hybridized carbons (Fsp3) is 0.562. The number of hydrogen-bond donors (Lipinski definition) is 0. The van der Waals surface area contributed by atoms with Crippen molar-refractivity contribution >= 4 is 10.2 Å². The highest BCUT2D eigenvalue weighted by Gasteiger charge is 2.33. The highest BCUT2D eigenvalue weighted by Crippen LogP contribution is 2.27. The van der Waals surface area contributed by atoms with Crippen LogP contribution in [-0.4, -0.2) is 64.0 Å². The van der Waals surface area contributed by atoms with Crippen LogP contribution in [0.3, 0.4) is 0 Å². The molecule has 136 valence electrons. The van der Waals surface area contributed by atoms with Gasteiger partial charge in [0, 0.05) is 52.3 Å². The van der Waals surface area contributed by atoms with Crippen molar-refractivity contribution in [1.82, 2.24) is 28.4 Å². The third-order valence-electron chi connectivity index (χ3n) is 4.55. The first-order valence-electron chi connectivity index (χ1n) is 8.43. The molecule has 2 aromatic rings. The molecule has 1 atom stereocenters. The molecule has 3 rings (SSSR count). The third-order valence-corrected chi connectivity index (χ3v) is 6.46. The van der Waals surface area contributed by atoms with E-state index in [4.69, 9.17) is 0 Å². The largest absolute Gasteiger partial charge is 0.281 e. The van der Waals surface area contributed by atoms with Crippen molar-refractivity contribution in [2.75, 3.05) is 27.2 Å². The monoisotopic (exact) mass is 364 g/mol.